The average molecular weight is 264 g/mol. The third kappa shape index (κ3) is 3.47. The van der Waals surface area contributed by atoms with Crippen LogP contribution in [0, 0.1) is 18.7 Å². The standard InChI is InChI=1S/C16H25FN2/c1-11(2)7-15-10-19(13(4)9-18-15)16-8-14(17)6-5-12(16)3/h5-6,8,11,13,15,18H,7,9-10H2,1-4H3. The van der Waals surface area contributed by atoms with Crippen molar-refractivity contribution < 1.29 is 4.39 Å². The van der Waals surface area contributed by atoms with Crippen LogP contribution < -0.4 is 10.2 Å². The molecular weight excluding hydrogens is 239 g/mol. The van der Waals surface area contributed by atoms with Crippen LogP contribution in [0.2, 0.25) is 0 Å². The van der Waals surface area contributed by atoms with Crippen LogP contribution >= 0.6 is 0 Å². The van der Waals surface area contributed by atoms with Crippen molar-refractivity contribution in [1.82, 2.24) is 5.32 Å². The molecule has 1 fully saturated rings. The van der Waals surface area contributed by atoms with E-state index in [0.717, 1.165) is 30.8 Å². The number of aryl methyl sites for hydroxylation is 1. The molecule has 1 aliphatic heterocycles. The van der Waals surface area contributed by atoms with Gasteiger partial charge in [0.05, 0.1) is 0 Å². The van der Waals surface area contributed by atoms with Gasteiger partial charge in [-0.2, -0.15) is 0 Å². The van der Waals surface area contributed by atoms with E-state index < -0.39 is 0 Å². The molecular formula is C16H25FN2. The van der Waals surface area contributed by atoms with Gasteiger partial charge in [-0.25, -0.2) is 4.39 Å². The fourth-order valence-electron chi connectivity index (χ4n) is 2.88. The Morgan fingerprint density at radius 3 is 2.84 bits per heavy atom. The Kier molecular flexibility index (Phi) is 4.46. The second-order valence-electron chi connectivity index (χ2n) is 6.17. The molecule has 1 heterocycles. The van der Waals surface area contributed by atoms with Crippen LogP contribution in [-0.2, 0) is 0 Å². The van der Waals surface area contributed by atoms with Gasteiger partial charge < -0.3 is 10.2 Å². The number of nitrogens with zero attached hydrogens (tertiary/aromatic N) is 1. The van der Waals surface area contributed by atoms with Gasteiger partial charge in [0.15, 0.2) is 0 Å². The van der Waals surface area contributed by atoms with E-state index in [2.05, 4.69) is 37.9 Å². The highest BCUT2D eigenvalue weighted by molar-refractivity contribution is 5.54. The molecule has 0 saturated carbocycles. The topological polar surface area (TPSA) is 15.3 Å². The molecule has 19 heavy (non-hydrogen) atoms. The van der Waals surface area contributed by atoms with Gasteiger partial charge in [-0.15, -0.1) is 0 Å². The molecule has 3 heteroatoms. The molecule has 0 bridgehead atoms. The smallest absolute Gasteiger partial charge is 0.125 e. The van der Waals surface area contributed by atoms with E-state index in [1.165, 1.54) is 6.07 Å². The van der Waals surface area contributed by atoms with Crippen molar-refractivity contribution >= 4 is 5.69 Å². The summed E-state index contributed by atoms with van der Waals surface area (Å²) in [6.45, 7) is 10.7. The molecule has 2 unspecified atom stereocenters. The van der Waals surface area contributed by atoms with E-state index in [-0.39, 0.29) is 5.82 Å². The Balaban J connectivity index is 2.18. The van der Waals surface area contributed by atoms with Crippen LogP contribution in [-0.4, -0.2) is 25.2 Å². The van der Waals surface area contributed by atoms with Crippen LogP contribution in [0.5, 0.6) is 0 Å². The highest BCUT2D eigenvalue weighted by atomic mass is 19.1. The lowest BCUT2D eigenvalue weighted by molar-refractivity contribution is 0.355. The second kappa shape index (κ2) is 5.91. The number of halogens is 1. The van der Waals surface area contributed by atoms with E-state index >= 15 is 0 Å². The van der Waals surface area contributed by atoms with Gasteiger partial charge >= 0.3 is 0 Å². The number of nitrogens with one attached hydrogen (secondary N) is 1. The van der Waals surface area contributed by atoms with Crippen molar-refractivity contribution in [2.45, 2.75) is 46.2 Å². The maximum atomic E-state index is 13.5. The Hall–Kier alpha value is -1.09. The summed E-state index contributed by atoms with van der Waals surface area (Å²) in [6.07, 6.45) is 1.16. The van der Waals surface area contributed by atoms with Gasteiger partial charge in [0, 0.05) is 30.9 Å². The molecule has 0 aliphatic carbocycles. The molecule has 0 amide bonds. The lowest BCUT2D eigenvalue weighted by Crippen LogP contribution is -2.56. The molecule has 2 rings (SSSR count). The number of hydrogen-bond acceptors (Lipinski definition) is 2. The molecule has 1 aliphatic rings. The zero-order valence-electron chi connectivity index (χ0n) is 12.4. The summed E-state index contributed by atoms with van der Waals surface area (Å²) in [4.78, 5) is 2.35. The first-order chi connectivity index (χ1) is 8.97. The quantitative estimate of drug-likeness (QED) is 0.900. The first kappa shape index (κ1) is 14.3. The number of rotatable bonds is 3. The third-order valence-electron chi connectivity index (χ3n) is 3.89. The molecule has 0 spiro atoms. The van der Waals surface area contributed by atoms with E-state index in [1.807, 2.05) is 6.07 Å². The summed E-state index contributed by atoms with van der Waals surface area (Å²) in [5.41, 5.74) is 2.20. The van der Waals surface area contributed by atoms with Gasteiger partial charge in [0.2, 0.25) is 0 Å². The van der Waals surface area contributed by atoms with Gasteiger partial charge in [-0.3, -0.25) is 0 Å². The zero-order valence-corrected chi connectivity index (χ0v) is 12.4. The lowest BCUT2D eigenvalue weighted by Gasteiger charge is -2.41. The largest absolute Gasteiger partial charge is 0.366 e. The van der Waals surface area contributed by atoms with Crippen LogP contribution in [0.15, 0.2) is 18.2 Å². The normalized spacial score (nSPS) is 24.0. The minimum Gasteiger partial charge on any atom is -0.366 e. The van der Waals surface area contributed by atoms with E-state index in [9.17, 15) is 4.39 Å². The Bertz CT molecular complexity index is 431. The van der Waals surface area contributed by atoms with Crippen LogP contribution in [0.4, 0.5) is 10.1 Å². The average Bonchev–Trinajstić information content (AvgIpc) is 2.34. The summed E-state index contributed by atoms with van der Waals surface area (Å²) in [7, 11) is 0. The fraction of sp³-hybridized carbons (Fsp3) is 0.625. The van der Waals surface area contributed by atoms with Crippen molar-refractivity contribution in [3.63, 3.8) is 0 Å². The van der Waals surface area contributed by atoms with E-state index in [0.29, 0.717) is 18.0 Å². The molecule has 0 radical (unpaired) electrons. The van der Waals surface area contributed by atoms with Gasteiger partial charge in [0.1, 0.15) is 5.82 Å². The summed E-state index contributed by atoms with van der Waals surface area (Å²) in [5, 5.41) is 3.60. The number of benzene rings is 1. The molecule has 2 nitrogen and oxygen atoms in total. The Morgan fingerprint density at radius 2 is 2.16 bits per heavy atom. The van der Waals surface area contributed by atoms with Crippen molar-refractivity contribution in [2.24, 2.45) is 5.92 Å². The highest BCUT2D eigenvalue weighted by Gasteiger charge is 2.26. The third-order valence-corrected chi connectivity index (χ3v) is 3.89. The molecule has 1 N–H and O–H groups in total. The number of anilines is 1. The predicted molar refractivity (Wildman–Crippen MR) is 79.2 cm³/mol. The van der Waals surface area contributed by atoms with Crippen molar-refractivity contribution in [2.75, 3.05) is 18.0 Å². The van der Waals surface area contributed by atoms with E-state index in [4.69, 9.17) is 0 Å². The van der Waals surface area contributed by atoms with Crippen molar-refractivity contribution in [3.05, 3.63) is 29.6 Å². The fourth-order valence-corrected chi connectivity index (χ4v) is 2.88. The summed E-state index contributed by atoms with van der Waals surface area (Å²) in [5.74, 6) is 0.535. The van der Waals surface area contributed by atoms with E-state index in [1.54, 1.807) is 6.07 Å². The summed E-state index contributed by atoms with van der Waals surface area (Å²) >= 11 is 0. The van der Waals surface area contributed by atoms with Crippen molar-refractivity contribution in [3.8, 4) is 0 Å². The van der Waals surface area contributed by atoms with Crippen molar-refractivity contribution in [1.29, 1.82) is 0 Å². The van der Waals surface area contributed by atoms with Gasteiger partial charge in [-0.1, -0.05) is 19.9 Å². The Morgan fingerprint density at radius 1 is 1.42 bits per heavy atom. The monoisotopic (exact) mass is 264 g/mol. The van der Waals surface area contributed by atoms with Crippen LogP contribution in [0.25, 0.3) is 0 Å². The maximum Gasteiger partial charge on any atom is 0.125 e. The molecule has 2 atom stereocenters. The Labute approximate surface area is 116 Å². The van der Waals surface area contributed by atoms with Crippen LogP contribution in [0.3, 0.4) is 0 Å². The predicted octanol–water partition coefficient (Wildman–Crippen LogP) is 3.35. The van der Waals surface area contributed by atoms with Crippen LogP contribution in [0.1, 0.15) is 32.8 Å². The maximum absolute atomic E-state index is 13.5. The molecule has 106 valence electrons. The first-order valence-electron chi connectivity index (χ1n) is 7.23. The first-order valence-corrected chi connectivity index (χ1v) is 7.23. The molecule has 1 aromatic carbocycles. The van der Waals surface area contributed by atoms with Gasteiger partial charge in [-0.05, 0) is 43.9 Å². The summed E-state index contributed by atoms with van der Waals surface area (Å²) < 4.78 is 13.5. The number of piperazine rings is 1. The summed E-state index contributed by atoms with van der Waals surface area (Å²) in [6, 6.07) is 5.99. The minimum atomic E-state index is -0.147. The molecule has 1 saturated heterocycles. The second-order valence-corrected chi connectivity index (χ2v) is 6.17. The highest BCUT2D eigenvalue weighted by Crippen LogP contribution is 2.26. The zero-order chi connectivity index (χ0) is 14.0. The van der Waals surface area contributed by atoms with Gasteiger partial charge in [0.25, 0.3) is 0 Å². The molecule has 1 aromatic rings. The lowest BCUT2D eigenvalue weighted by atomic mass is 9.99. The SMILES string of the molecule is Cc1ccc(F)cc1N1CC(CC(C)C)NCC1C. The molecule has 0 aromatic heterocycles. The number of hydrogen-bond donors (Lipinski definition) is 1. The minimum absolute atomic E-state index is 0.147.